The fourth-order valence-electron chi connectivity index (χ4n) is 1.52. The summed E-state index contributed by atoms with van der Waals surface area (Å²) in [6.07, 6.45) is 0. The summed E-state index contributed by atoms with van der Waals surface area (Å²) in [6, 6.07) is 11.1. The van der Waals surface area contributed by atoms with Gasteiger partial charge in [0.1, 0.15) is 0 Å². The minimum atomic E-state index is -1.06. The van der Waals surface area contributed by atoms with E-state index in [9.17, 15) is 9.59 Å². The number of nitrogen functional groups attached to an aromatic ring is 1. The Morgan fingerprint density at radius 3 is 1.57 bits per heavy atom. The summed E-state index contributed by atoms with van der Waals surface area (Å²) in [5.41, 5.74) is 9.05. The van der Waals surface area contributed by atoms with E-state index in [1.807, 2.05) is 26.0 Å². The molecule has 0 aromatic heterocycles. The van der Waals surface area contributed by atoms with E-state index in [2.05, 4.69) is 6.07 Å². The van der Waals surface area contributed by atoms with Gasteiger partial charge in [-0.25, -0.2) is 9.59 Å². The molecule has 0 bridgehead atoms. The Hall–Kier alpha value is -2.82. The van der Waals surface area contributed by atoms with Crippen LogP contribution in [0.2, 0.25) is 0 Å². The highest BCUT2D eigenvalue weighted by molar-refractivity contribution is 5.91. The van der Waals surface area contributed by atoms with Crippen LogP contribution < -0.4 is 5.73 Å². The van der Waals surface area contributed by atoms with Crippen LogP contribution in [-0.4, -0.2) is 22.2 Å². The second kappa shape index (κ2) is 7.09. The summed E-state index contributed by atoms with van der Waals surface area (Å²) >= 11 is 0. The molecule has 0 saturated heterocycles. The molecule has 0 fully saturated rings. The second-order valence-corrected chi connectivity index (χ2v) is 4.55. The Balaban J connectivity index is 0.000000219. The normalized spacial score (nSPS) is 9.43. The summed E-state index contributed by atoms with van der Waals surface area (Å²) < 4.78 is 0. The molecule has 0 spiro atoms. The van der Waals surface area contributed by atoms with Crippen molar-refractivity contribution in [1.82, 2.24) is 0 Å². The average molecular weight is 287 g/mol. The minimum absolute atomic E-state index is 0.0833. The predicted octanol–water partition coefficient (Wildman–Crippen LogP) is 2.97. The van der Waals surface area contributed by atoms with Crippen molar-refractivity contribution < 1.29 is 19.8 Å². The number of nitrogens with two attached hydrogens (primary N) is 1. The number of aromatic carboxylic acids is 2. The number of benzene rings is 2. The number of aryl methyl sites for hydroxylation is 2. The first-order valence-corrected chi connectivity index (χ1v) is 6.20. The van der Waals surface area contributed by atoms with Crippen molar-refractivity contribution in [3.8, 4) is 0 Å². The van der Waals surface area contributed by atoms with E-state index < -0.39 is 11.9 Å². The number of rotatable bonds is 2. The van der Waals surface area contributed by atoms with Gasteiger partial charge in [-0.15, -0.1) is 0 Å². The highest BCUT2D eigenvalue weighted by Gasteiger charge is 2.04. The molecule has 5 nitrogen and oxygen atoms in total. The molecule has 0 atom stereocenters. The van der Waals surface area contributed by atoms with Crippen molar-refractivity contribution in [2.75, 3.05) is 5.73 Å². The molecule has 4 N–H and O–H groups in total. The van der Waals surface area contributed by atoms with E-state index >= 15 is 0 Å². The standard InChI is InChI=1S/C8H11N.C8H6O4/c1-6-3-4-7(2)8(9)5-6;9-7(10)5-1-2-6(4-3-5)8(11)12/h3-5H,9H2,1-2H3;1-4H,(H,9,10)(H,11,12). The van der Waals surface area contributed by atoms with Crippen LogP contribution in [0.25, 0.3) is 0 Å². The largest absolute Gasteiger partial charge is 0.478 e. The second-order valence-electron chi connectivity index (χ2n) is 4.55. The lowest BCUT2D eigenvalue weighted by Crippen LogP contribution is -1.99. The van der Waals surface area contributed by atoms with E-state index in [-0.39, 0.29) is 11.1 Å². The number of carboxylic acids is 2. The minimum Gasteiger partial charge on any atom is -0.478 e. The first-order chi connectivity index (χ1) is 9.81. The van der Waals surface area contributed by atoms with Gasteiger partial charge in [-0.2, -0.15) is 0 Å². The van der Waals surface area contributed by atoms with Crippen LogP contribution in [0, 0.1) is 13.8 Å². The zero-order valence-electron chi connectivity index (χ0n) is 11.8. The number of carbonyl (C=O) groups is 2. The average Bonchev–Trinajstić information content (AvgIpc) is 2.44. The molecule has 2 aromatic carbocycles. The van der Waals surface area contributed by atoms with Gasteiger partial charge in [0.15, 0.2) is 0 Å². The van der Waals surface area contributed by atoms with Crippen LogP contribution in [0.1, 0.15) is 31.8 Å². The van der Waals surface area contributed by atoms with Crippen LogP contribution >= 0.6 is 0 Å². The molecule has 0 radical (unpaired) electrons. The zero-order valence-corrected chi connectivity index (χ0v) is 11.8. The molecule has 0 unspecified atom stereocenters. The first kappa shape index (κ1) is 16.2. The van der Waals surface area contributed by atoms with Crippen molar-refractivity contribution in [3.05, 3.63) is 64.7 Å². The summed E-state index contributed by atoms with van der Waals surface area (Å²) in [5.74, 6) is -2.13. The number of hydrogen-bond donors (Lipinski definition) is 3. The molecule has 5 heteroatoms. The molecule has 0 heterocycles. The Morgan fingerprint density at radius 2 is 1.29 bits per heavy atom. The van der Waals surface area contributed by atoms with Gasteiger partial charge in [-0.05, 0) is 55.3 Å². The van der Waals surface area contributed by atoms with Gasteiger partial charge < -0.3 is 15.9 Å². The lowest BCUT2D eigenvalue weighted by Gasteiger charge is -1.98. The van der Waals surface area contributed by atoms with Crippen LogP contribution in [0.4, 0.5) is 5.69 Å². The zero-order chi connectivity index (χ0) is 16.0. The Morgan fingerprint density at radius 1 is 0.857 bits per heavy atom. The summed E-state index contributed by atoms with van der Waals surface area (Å²) in [7, 11) is 0. The molecular weight excluding hydrogens is 270 g/mol. The Labute approximate surface area is 122 Å². The maximum Gasteiger partial charge on any atom is 0.335 e. The molecule has 2 aromatic rings. The first-order valence-electron chi connectivity index (χ1n) is 6.20. The van der Waals surface area contributed by atoms with Gasteiger partial charge in [-0.3, -0.25) is 0 Å². The Kier molecular flexibility index (Phi) is 5.48. The smallest absolute Gasteiger partial charge is 0.335 e. The molecule has 0 aliphatic carbocycles. The highest BCUT2D eigenvalue weighted by Crippen LogP contribution is 2.11. The van der Waals surface area contributed by atoms with Gasteiger partial charge >= 0.3 is 11.9 Å². The van der Waals surface area contributed by atoms with Crippen molar-refractivity contribution in [1.29, 1.82) is 0 Å². The molecule has 110 valence electrons. The number of anilines is 1. The lowest BCUT2D eigenvalue weighted by atomic mass is 10.1. The van der Waals surface area contributed by atoms with Crippen molar-refractivity contribution in [2.24, 2.45) is 0 Å². The third-order valence-electron chi connectivity index (χ3n) is 2.81. The third kappa shape index (κ3) is 4.99. The van der Waals surface area contributed by atoms with Gasteiger partial charge in [-0.1, -0.05) is 12.1 Å². The molecule has 0 aliphatic heterocycles. The van der Waals surface area contributed by atoms with Crippen LogP contribution in [0.5, 0.6) is 0 Å². The SMILES string of the molecule is Cc1ccc(C)c(N)c1.O=C(O)c1ccc(C(=O)O)cc1. The highest BCUT2D eigenvalue weighted by atomic mass is 16.4. The maximum absolute atomic E-state index is 10.3. The fraction of sp³-hybridized carbons (Fsp3) is 0.125. The summed E-state index contributed by atoms with van der Waals surface area (Å²) in [4.78, 5) is 20.7. The van der Waals surface area contributed by atoms with Crippen LogP contribution in [0.3, 0.4) is 0 Å². The predicted molar refractivity (Wildman–Crippen MR) is 80.7 cm³/mol. The lowest BCUT2D eigenvalue weighted by molar-refractivity contribution is 0.0681. The number of hydrogen-bond acceptors (Lipinski definition) is 3. The summed E-state index contributed by atoms with van der Waals surface area (Å²) in [6.45, 7) is 4.05. The van der Waals surface area contributed by atoms with Crippen LogP contribution in [0.15, 0.2) is 42.5 Å². The molecule has 0 saturated carbocycles. The molecule has 2 rings (SSSR count). The van der Waals surface area contributed by atoms with E-state index in [0.717, 1.165) is 11.3 Å². The van der Waals surface area contributed by atoms with Crippen molar-refractivity contribution in [2.45, 2.75) is 13.8 Å². The van der Waals surface area contributed by atoms with E-state index in [0.29, 0.717) is 0 Å². The quantitative estimate of drug-likeness (QED) is 0.737. The number of carboxylic acid groups (broad SMARTS) is 2. The monoisotopic (exact) mass is 287 g/mol. The van der Waals surface area contributed by atoms with E-state index in [4.69, 9.17) is 15.9 Å². The van der Waals surface area contributed by atoms with Gasteiger partial charge in [0.25, 0.3) is 0 Å². The maximum atomic E-state index is 10.3. The molecular formula is C16H17NO4. The summed E-state index contributed by atoms with van der Waals surface area (Å²) in [5, 5.41) is 16.9. The van der Waals surface area contributed by atoms with Crippen LogP contribution in [-0.2, 0) is 0 Å². The van der Waals surface area contributed by atoms with Gasteiger partial charge in [0.2, 0.25) is 0 Å². The van der Waals surface area contributed by atoms with E-state index in [1.165, 1.54) is 29.8 Å². The van der Waals surface area contributed by atoms with Gasteiger partial charge in [0.05, 0.1) is 11.1 Å². The van der Waals surface area contributed by atoms with Crippen molar-refractivity contribution in [3.63, 3.8) is 0 Å². The molecule has 0 aliphatic rings. The van der Waals surface area contributed by atoms with E-state index in [1.54, 1.807) is 0 Å². The topological polar surface area (TPSA) is 101 Å². The Bertz CT molecular complexity index is 615. The van der Waals surface area contributed by atoms with Crippen molar-refractivity contribution >= 4 is 17.6 Å². The molecule has 0 amide bonds. The fourth-order valence-corrected chi connectivity index (χ4v) is 1.52. The molecule has 21 heavy (non-hydrogen) atoms. The van der Waals surface area contributed by atoms with Gasteiger partial charge in [0, 0.05) is 5.69 Å². The third-order valence-corrected chi connectivity index (χ3v) is 2.81.